The van der Waals surface area contributed by atoms with Crippen molar-refractivity contribution in [2.24, 2.45) is 11.7 Å². The second kappa shape index (κ2) is 5.80. The molecule has 0 spiro atoms. The van der Waals surface area contributed by atoms with Crippen LogP contribution in [0.3, 0.4) is 0 Å². The molecule has 0 aromatic heterocycles. The number of nitrogens with one attached hydrogen (secondary N) is 1. The molecule has 2 rings (SSSR count). The van der Waals surface area contributed by atoms with Crippen molar-refractivity contribution in [2.75, 3.05) is 18.5 Å². The van der Waals surface area contributed by atoms with Crippen molar-refractivity contribution in [2.45, 2.75) is 19.4 Å². The highest BCUT2D eigenvalue weighted by atomic mass is 16.5. The van der Waals surface area contributed by atoms with Crippen molar-refractivity contribution >= 4 is 11.6 Å². The van der Waals surface area contributed by atoms with Gasteiger partial charge in [0.15, 0.2) is 0 Å². The molecule has 3 N–H and O–H groups in total. The summed E-state index contributed by atoms with van der Waals surface area (Å²) in [5, 5.41) is 2.81. The van der Waals surface area contributed by atoms with Gasteiger partial charge in [-0.25, -0.2) is 0 Å². The zero-order valence-corrected chi connectivity index (χ0v) is 9.82. The van der Waals surface area contributed by atoms with Gasteiger partial charge in [-0.05, 0) is 30.4 Å². The van der Waals surface area contributed by atoms with E-state index in [1.54, 1.807) is 0 Å². The summed E-state index contributed by atoms with van der Waals surface area (Å²) in [5.41, 5.74) is 7.30. The number of carbonyl (C=O) groups is 1. The molecule has 1 fully saturated rings. The van der Waals surface area contributed by atoms with Gasteiger partial charge in [0.1, 0.15) is 6.61 Å². The van der Waals surface area contributed by atoms with Gasteiger partial charge >= 0.3 is 0 Å². The summed E-state index contributed by atoms with van der Waals surface area (Å²) >= 11 is 0. The Morgan fingerprint density at radius 2 is 2.18 bits per heavy atom. The van der Waals surface area contributed by atoms with E-state index in [1.807, 2.05) is 24.3 Å². The van der Waals surface area contributed by atoms with Gasteiger partial charge in [0.05, 0.1) is 6.61 Å². The SMILES string of the molecule is NCc1ccccc1NC(=O)COCC1CC1. The molecule has 0 aliphatic heterocycles. The highest BCUT2D eigenvalue weighted by molar-refractivity contribution is 5.92. The van der Waals surface area contributed by atoms with Gasteiger partial charge in [-0.3, -0.25) is 4.79 Å². The number of carbonyl (C=O) groups excluding carboxylic acids is 1. The highest BCUT2D eigenvalue weighted by Gasteiger charge is 2.21. The van der Waals surface area contributed by atoms with E-state index in [0.717, 1.165) is 11.3 Å². The van der Waals surface area contributed by atoms with Crippen LogP contribution >= 0.6 is 0 Å². The maximum Gasteiger partial charge on any atom is 0.250 e. The minimum Gasteiger partial charge on any atom is -0.371 e. The van der Waals surface area contributed by atoms with Crippen LogP contribution in [-0.4, -0.2) is 19.1 Å². The molecule has 1 aromatic carbocycles. The molecule has 4 nitrogen and oxygen atoms in total. The zero-order chi connectivity index (χ0) is 12.1. The number of rotatable bonds is 6. The van der Waals surface area contributed by atoms with E-state index in [-0.39, 0.29) is 12.5 Å². The minimum absolute atomic E-state index is 0.119. The quantitative estimate of drug-likeness (QED) is 0.784. The largest absolute Gasteiger partial charge is 0.371 e. The molecule has 1 saturated carbocycles. The summed E-state index contributed by atoms with van der Waals surface area (Å²) in [5.74, 6) is 0.561. The fourth-order valence-electron chi connectivity index (χ4n) is 1.61. The molecule has 92 valence electrons. The van der Waals surface area contributed by atoms with Crippen molar-refractivity contribution in [3.05, 3.63) is 29.8 Å². The lowest BCUT2D eigenvalue weighted by molar-refractivity contribution is -0.120. The predicted octanol–water partition coefficient (Wildman–Crippen LogP) is 1.51. The average Bonchev–Trinajstić information content (AvgIpc) is 3.14. The molecule has 0 saturated heterocycles. The molecule has 1 aliphatic rings. The number of nitrogens with two attached hydrogens (primary N) is 1. The molecule has 1 aromatic rings. The molecular formula is C13H18N2O2. The van der Waals surface area contributed by atoms with Crippen LogP contribution in [0.5, 0.6) is 0 Å². The maximum atomic E-state index is 11.6. The number of para-hydroxylation sites is 1. The van der Waals surface area contributed by atoms with Gasteiger partial charge in [-0.1, -0.05) is 18.2 Å². The maximum absolute atomic E-state index is 11.6. The molecule has 0 bridgehead atoms. The van der Waals surface area contributed by atoms with Gasteiger partial charge in [-0.15, -0.1) is 0 Å². The second-order valence-corrected chi connectivity index (χ2v) is 4.37. The van der Waals surface area contributed by atoms with Crippen molar-refractivity contribution in [1.29, 1.82) is 0 Å². The smallest absolute Gasteiger partial charge is 0.250 e. The minimum atomic E-state index is -0.119. The Morgan fingerprint density at radius 1 is 1.41 bits per heavy atom. The van der Waals surface area contributed by atoms with Crippen LogP contribution in [0.25, 0.3) is 0 Å². The summed E-state index contributed by atoms with van der Waals surface area (Å²) < 4.78 is 5.32. The summed E-state index contributed by atoms with van der Waals surface area (Å²) in [6.45, 7) is 1.24. The molecule has 1 aliphatic carbocycles. The van der Waals surface area contributed by atoms with Crippen molar-refractivity contribution in [1.82, 2.24) is 0 Å². The van der Waals surface area contributed by atoms with E-state index in [9.17, 15) is 4.79 Å². The standard InChI is InChI=1S/C13H18N2O2/c14-7-11-3-1-2-4-12(11)15-13(16)9-17-8-10-5-6-10/h1-4,10H,5-9,14H2,(H,15,16). The Bertz CT molecular complexity index is 389. The molecule has 17 heavy (non-hydrogen) atoms. The molecule has 0 atom stereocenters. The Kier molecular flexibility index (Phi) is 4.12. The first-order valence-electron chi connectivity index (χ1n) is 5.95. The van der Waals surface area contributed by atoms with Crippen molar-refractivity contribution in [3.63, 3.8) is 0 Å². The zero-order valence-electron chi connectivity index (χ0n) is 9.82. The fourth-order valence-corrected chi connectivity index (χ4v) is 1.61. The van der Waals surface area contributed by atoms with Gasteiger partial charge in [0, 0.05) is 12.2 Å². The summed E-state index contributed by atoms with van der Waals surface area (Å²) in [6.07, 6.45) is 2.47. The summed E-state index contributed by atoms with van der Waals surface area (Å²) in [4.78, 5) is 11.6. The van der Waals surface area contributed by atoms with Gasteiger partial charge in [0.2, 0.25) is 5.91 Å². The lowest BCUT2D eigenvalue weighted by Crippen LogP contribution is -2.20. The van der Waals surface area contributed by atoms with Crippen LogP contribution in [0, 0.1) is 5.92 Å². The number of anilines is 1. The Balaban J connectivity index is 1.79. The van der Waals surface area contributed by atoms with Crippen molar-refractivity contribution in [3.8, 4) is 0 Å². The predicted molar refractivity (Wildman–Crippen MR) is 66.5 cm³/mol. The third-order valence-corrected chi connectivity index (χ3v) is 2.79. The van der Waals surface area contributed by atoms with Crippen LogP contribution in [0.15, 0.2) is 24.3 Å². The number of benzene rings is 1. The molecule has 0 unspecified atom stereocenters. The monoisotopic (exact) mass is 234 g/mol. The van der Waals surface area contributed by atoms with Crippen LogP contribution in [-0.2, 0) is 16.1 Å². The number of amides is 1. The molecule has 0 radical (unpaired) electrons. The highest BCUT2D eigenvalue weighted by Crippen LogP contribution is 2.28. The van der Waals surface area contributed by atoms with Gasteiger partial charge in [-0.2, -0.15) is 0 Å². The van der Waals surface area contributed by atoms with E-state index < -0.39 is 0 Å². The van der Waals surface area contributed by atoms with Crippen LogP contribution in [0.2, 0.25) is 0 Å². The van der Waals surface area contributed by atoms with Gasteiger partial charge < -0.3 is 15.8 Å². The number of ether oxygens (including phenoxy) is 1. The van der Waals surface area contributed by atoms with E-state index in [4.69, 9.17) is 10.5 Å². The third-order valence-electron chi connectivity index (χ3n) is 2.79. The number of hydrogen-bond acceptors (Lipinski definition) is 3. The molecular weight excluding hydrogens is 216 g/mol. The first-order chi connectivity index (χ1) is 8.29. The lowest BCUT2D eigenvalue weighted by Gasteiger charge is -2.09. The first-order valence-corrected chi connectivity index (χ1v) is 5.95. The van der Waals surface area contributed by atoms with Crippen LogP contribution < -0.4 is 11.1 Å². The van der Waals surface area contributed by atoms with Crippen molar-refractivity contribution < 1.29 is 9.53 Å². The van der Waals surface area contributed by atoms with Gasteiger partial charge in [0.25, 0.3) is 0 Å². The van der Waals surface area contributed by atoms with Crippen LogP contribution in [0.1, 0.15) is 18.4 Å². The Morgan fingerprint density at radius 3 is 2.88 bits per heavy atom. The summed E-state index contributed by atoms with van der Waals surface area (Å²) in [7, 11) is 0. The Labute approximate surface area is 101 Å². The van der Waals surface area contributed by atoms with Crippen LogP contribution in [0.4, 0.5) is 5.69 Å². The van der Waals surface area contributed by atoms with E-state index in [2.05, 4.69) is 5.32 Å². The fraction of sp³-hybridized carbons (Fsp3) is 0.462. The van der Waals surface area contributed by atoms with E-state index in [0.29, 0.717) is 19.1 Å². The molecule has 1 amide bonds. The van der Waals surface area contributed by atoms with E-state index >= 15 is 0 Å². The second-order valence-electron chi connectivity index (χ2n) is 4.37. The topological polar surface area (TPSA) is 64.3 Å². The normalized spacial score (nSPS) is 14.6. The third kappa shape index (κ3) is 3.84. The molecule has 4 heteroatoms. The number of hydrogen-bond donors (Lipinski definition) is 2. The average molecular weight is 234 g/mol. The van der Waals surface area contributed by atoms with E-state index in [1.165, 1.54) is 12.8 Å². The Hall–Kier alpha value is -1.39. The first kappa shape index (κ1) is 12.1. The molecule has 0 heterocycles. The lowest BCUT2D eigenvalue weighted by atomic mass is 10.2. The summed E-state index contributed by atoms with van der Waals surface area (Å²) in [6, 6.07) is 7.53.